The van der Waals surface area contributed by atoms with Crippen LogP contribution < -0.4 is 15.8 Å². The number of ether oxygens (including phenoxy) is 1. The van der Waals surface area contributed by atoms with Crippen LogP contribution in [-0.2, 0) is 11.4 Å². The number of hydrogen-bond acceptors (Lipinski definition) is 5. The highest BCUT2D eigenvalue weighted by Crippen LogP contribution is 2.27. The number of carbonyl (C=O) groups is 1. The summed E-state index contributed by atoms with van der Waals surface area (Å²) in [6.07, 6.45) is 0. The van der Waals surface area contributed by atoms with Gasteiger partial charge in [-0.15, -0.1) is 0 Å². The van der Waals surface area contributed by atoms with E-state index >= 15 is 0 Å². The summed E-state index contributed by atoms with van der Waals surface area (Å²) in [5.41, 5.74) is 7.64. The summed E-state index contributed by atoms with van der Waals surface area (Å²) in [6, 6.07) is 13.2. The fourth-order valence-corrected chi connectivity index (χ4v) is 3.27. The van der Waals surface area contributed by atoms with Crippen LogP contribution in [0.5, 0.6) is 5.75 Å². The molecule has 0 radical (unpaired) electrons. The van der Waals surface area contributed by atoms with Gasteiger partial charge in [-0.3, -0.25) is 14.7 Å². The summed E-state index contributed by atoms with van der Waals surface area (Å²) in [6.45, 7) is 0.00255. The Bertz CT molecular complexity index is 903. The molecule has 1 atom stereocenters. The Morgan fingerprint density at radius 3 is 2.66 bits per heavy atom. The smallest absolute Gasteiger partial charge is 0.281 e. The standard InChI is InChI=1S/C21H24F2N4O2/c1-25-19(20(28)26-18-11-27(2)13-21(18,22)23)16-10-15(8-9-17(16)24)29-12-14-6-4-3-5-7-14/h3-10,18H,11-13,24H2,1-2H3,(H,26,28). The second-order valence-corrected chi connectivity index (χ2v) is 7.08. The molecule has 1 heterocycles. The summed E-state index contributed by atoms with van der Waals surface area (Å²) in [5, 5.41) is 2.40. The maximum absolute atomic E-state index is 14.1. The third-order valence-electron chi connectivity index (χ3n) is 4.76. The maximum atomic E-state index is 14.1. The lowest BCUT2D eigenvalue weighted by atomic mass is 10.1. The Balaban J connectivity index is 1.75. The van der Waals surface area contributed by atoms with Crippen LogP contribution in [0.4, 0.5) is 14.5 Å². The molecule has 6 nitrogen and oxygen atoms in total. The van der Waals surface area contributed by atoms with Gasteiger partial charge in [0, 0.05) is 24.8 Å². The minimum atomic E-state index is -3.00. The fraction of sp³-hybridized carbons (Fsp3) is 0.333. The number of nitrogen functional groups attached to an aromatic ring is 1. The minimum absolute atomic E-state index is 0.0157. The first-order valence-corrected chi connectivity index (χ1v) is 9.21. The Kier molecular flexibility index (Phi) is 6.12. The van der Waals surface area contributed by atoms with E-state index in [2.05, 4.69) is 10.3 Å². The topological polar surface area (TPSA) is 80.0 Å². The van der Waals surface area contributed by atoms with Crippen molar-refractivity contribution in [3.63, 3.8) is 0 Å². The summed E-state index contributed by atoms with van der Waals surface area (Å²) < 4.78 is 33.9. The van der Waals surface area contributed by atoms with Gasteiger partial charge in [0.05, 0.1) is 6.54 Å². The molecule has 1 amide bonds. The van der Waals surface area contributed by atoms with Crippen molar-refractivity contribution < 1.29 is 18.3 Å². The molecular weight excluding hydrogens is 378 g/mol. The summed E-state index contributed by atoms with van der Waals surface area (Å²) >= 11 is 0. The molecule has 0 aliphatic carbocycles. The molecule has 1 unspecified atom stereocenters. The van der Waals surface area contributed by atoms with Gasteiger partial charge in [0.2, 0.25) is 0 Å². The van der Waals surface area contributed by atoms with Crippen LogP contribution in [0.15, 0.2) is 53.5 Å². The van der Waals surface area contributed by atoms with E-state index in [1.54, 1.807) is 25.2 Å². The first kappa shape index (κ1) is 20.7. The van der Waals surface area contributed by atoms with E-state index < -0.39 is 24.4 Å². The highest BCUT2D eigenvalue weighted by molar-refractivity contribution is 6.46. The van der Waals surface area contributed by atoms with E-state index in [-0.39, 0.29) is 12.3 Å². The number of amides is 1. The van der Waals surface area contributed by atoms with Crippen LogP contribution in [-0.4, -0.2) is 55.7 Å². The van der Waals surface area contributed by atoms with Gasteiger partial charge in [0.25, 0.3) is 11.8 Å². The van der Waals surface area contributed by atoms with Gasteiger partial charge in [0.15, 0.2) is 0 Å². The third kappa shape index (κ3) is 4.89. The second kappa shape index (κ2) is 8.57. The van der Waals surface area contributed by atoms with Crippen molar-refractivity contribution in [1.29, 1.82) is 0 Å². The monoisotopic (exact) mass is 402 g/mol. The molecule has 0 bridgehead atoms. The number of likely N-dealkylation sites (tertiary alicyclic amines) is 1. The molecule has 1 aliphatic heterocycles. The number of nitrogens with zero attached hydrogens (tertiary/aromatic N) is 2. The zero-order valence-corrected chi connectivity index (χ0v) is 16.4. The number of rotatable bonds is 6. The predicted molar refractivity (Wildman–Crippen MR) is 108 cm³/mol. The zero-order chi connectivity index (χ0) is 21.0. The van der Waals surface area contributed by atoms with Gasteiger partial charge >= 0.3 is 0 Å². The van der Waals surface area contributed by atoms with Crippen molar-refractivity contribution in [3.8, 4) is 5.75 Å². The molecule has 0 aromatic heterocycles. The van der Waals surface area contributed by atoms with Crippen molar-refractivity contribution in [2.75, 3.05) is 32.9 Å². The zero-order valence-electron chi connectivity index (χ0n) is 16.4. The van der Waals surface area contributed by atoms with Crippen LogP contribution in [0.1, 0.15) is 11.1 Å². The molecule has 0 spiro atoms. The van der Waals surface area contributed by atoms with Gasteiger partial charge in [-0.1, -0.05) is 30.3 Å². The van der Waals surface area contributed by atoms with Crippen molar-refractivity contribution in [2.45, 2.75) is 18.6 Å². The molecule has 1 fully saturated rings. The largest absolute Gasteiger partial charge is 0.489 e. The van der Waals surface area contributed by atoms with Crippen LogP contribution >= 0.6 is 0 Å². The molecule has 29 heavy (non-hydrogen) atoms. The maximum Gasteiger partial charge on any atom is 0.281 e. The molecule has 2 aromatic rings. The molecule has 2 aromatic carbocycles. The van der Waals surface area contributed by atoms with Crippen molar-refractivity contribution >= 4 is 17.3 Å². The molecule has 1 saturated heterocycles. The number of carbonyl (C=O) groups excluding carboxylic acids is 1. The van der Waals surface area contributed by atoms with Crippen molar-refractivity contribution in [1.82, 2.24) is 10.2 Å². The van der Waals surface area contributed by atoms with E-state index in [1.807, 2.05) is 30.3 Å². The van der Waals surface area contributed by atoms with E-state index in [0.717, 1.165) is 5.56 Å². The number of anilines is 1. The summed E-state index contributed by atoms with van der Waals surface area (Å²) in [5.74, 6) is -3.20. The Labute approximate surface area is 168 Å². The number of nitrogens with two attached hydrogens (primary N) is 1. The SMILES string of the molecule is CN=C(C(=O)NC1CN(C)CC1(F)F)c1cc(OCc2ccccc2)ccc1N. The number of halogens is 2. The lowest BCUT2D eigenvalue weighted by molar-refractivity contribution is -0.117. The van der Waals surface area contributed by atoms with Gasteiger partial charge in [-0.05, 0) is 30.8 Å². The normalized spacial score (nSPS) is 19.2. The molecule has 3 rings (SSSR count). The van der Waals surface area contributed by atoms with Crippen LogP contribution in [0.3, 0.4) is 0 Å². The van der Waals surface area contributed by atoms with E-state index in [0.29, 0.717) is 23.6 Å². The quantitative estimate of drug-likeness (QED) is 0.574. The predicted octanol–water partition coefficient (Wildman–Crippen LogP) is 2.33. The minimum Gasteiger partial charge on any atom is -0.489 e. The molecule has 1 aliphatic rings. The van der Waals surface area contributed by atoms with E-state index in [9.17, 15) is 13.6 Å². The van der Waals surface area contributed by atoms with Crippen molar-refractivity contribution in [2.24, 2.45) is 4.99 Å². The number of aliphatic imine (C=N–C) groups is 1. The number of alkyl halides is 2. The number of benzene rings is 2. The molecular formula is C21H24F2N4O2. The van der Waals surface area contributed by atoms with Crippen LogP contribution in [0.25, 0.3) is 0 Å². The molecule has 154 valence electrons. The Morgan fingerprint density at radius 2 is 2.03 bits per heavy atom. The first-order chi connectivity index (χ1) is 13.8. The molecule has 8 heteroatoms. The Morgan fingerprint density at radius 1 is 1.31 bits per heavy atom. The second-order valence-electron chi connectivity index (χ2n) is 7.08. The lowest BCUT2D eigenvalue weighted by Crippen LogP contribution is -2.49. The van der Waals surface area contributed by atoms with E-state index in [4.69, 9.17) is 10.5 Å². The van der Waals surface area contributed by atoms with Gasteiger partial charge < -0.3 is 15.8 Å². The first-order valence-electron chi connectivity index (χ1n) is 9.21. The number of hydrogen-bond donors (Lipinski definition) is 2. The van der Waals surface area contributed by atoms with Crippen LogP contribution in [0.2, 0.25) is 0 Å². The van der Waals surface area contributed by atoms with E-state index in [1.165, 1.54) is 11.9 Å². The number of nitrogens with one attached hydrogen (secondary N) is 1. The number of likely N-dealkylation sites (N-methyl/N-ethyl adjacent to an activating group) is 1. The molecule has 3 N–H and O–H groups in total. The van der Waals surface area contributed by atoms with Gasteiger partial charge in [-0.2, -0.15) is 0 Å². The fourth-order valence-electron chi connectivity index (χ4n) is 3.27. The average Bonchev–Trinajstić information content (AvgIpc) is 2.94. The molecule has 0 saturated carbocycles. The average molecular weight is 402 g/mol. The summed E-state index contributed by atoms with van der Waals surface area (Å²) in [7, 11) is 3.01. The summed E-state index contributed by atoms with van der Waals surface area (Å²) in [4.78, 5) is 18.1. The Hall–Kier alpha value is -3.00. The van der Waals surface area contributed by atoms with Gasteiger partial charge in [-0.25, -0.2) is 8.78 Å². The highest BCUT2D eigenvalue weighted by atomic mass is 19.3. The highest BCUT2D eigenvalue weighted by Gasteiger charge is 2.47. The van der Waals surface area contributed by atoms with Gasteiger partial charge in [0.1, 0.15) is 24.1 Å². The lowest BCUT2D eigenvalue weighted by Gasteiger charge is -2.20. The van der Waals surface area contributed by atoms with Crippen LogP contribution in [0, 0.1) is 0 Å². The third-order valence-corrected chi connectivity index (χ3v) is 4.76. The van der Waals surface area contributed by atoms with Crippen molar-refractivity contribution in [3.05, 3.63) is 59.7 Å².